The van der Waals surface area contributed by atoms with Gasteiger partial charge in [-0.05, 0) is 39.0 Å². The molecule has 0 aliphatic carbocycles. The molecule has 0 fully saturated rings. The maximum absolute atomic E-state index is 11.8. The van der Waals surface area contributed by atoms with Crippen molar-refractivity contribution in [2.24, 2.45) is 5.92 Å². The van der Waals surface area contributed by atoms with Gasteiger partial charge < -0.3 is 4.74 Å². The highest BCUT2D eigenvalue weighted by atomic mass is 16.5. The fourth-order valence-corrected chi connectivity index (χ4v) is 1.96. The largest absolute Gasteiger partial charge is 0.373 e. The zero-order chi connectivity index (χ0) is 14.8. The van der Waals surface area contributed by atoms with Crippen molar-refractivity contribution in [1.82, 2.24) is 0 Å². The van der Waals surface area contributed by atoms with Gasteiger partial charge in [-0.1, -0.05) is 48.9 Å². The second kappa shape index (κ2) is 9.49. The monoisotopic (exact) mass is 274 g/mol. The van der Waals surface area contributed by atoms with Gasteiger partial charge in [-0.3, -0.25) is 4.79 Å². The molecule has 0 N–H and O–H groups in total. The Morgan fingerprint density at radius 3 is 2.55 bits per heavy atom. The second-order valence-corrected chi connectivity index (χ2v) is 5.59. The average molecular weight is 274 g/mol. The van der Waals surface area contributed by atoms with Crippen LogP contribution in [0.4, 0.5) is 0 Å². The Hall–Kier alpha value is -1.41. The third-order valence-corrected chi connectivity index (χ3v) is 3.30. The number of ether oxygens (including phenoxy) is 1. The third-order valence-electron chi connectivity index (χ3n) is 3.30. The van der Waals surface area contributed by atoms with E-state index >= 15 is 0 Å². The normalized spacial score (nSPS) is 11.9. The number of benzene rings is 1. The first-order valence-electron chi connectivity index (χ1n) is 7.39. The van der Waals surface area contributed by atoms with E-state index in [-0.39, 0.29) is 12.4 Å². The van der Waals surface area contributed by atoms with Crippen molar-refractivity contribution in [3.05, 3.63) is 47.5 Å². The van der Waals surface area contributed by atoms with Gasteiger partial charge in [-0.15, -0.1) is 0 Å². The number of hydrogen-bond acceptors (Lipinski definition) is 2. The number of Topliss-reactive ketones (excluding diaryl/α,β-unsaturated/α-hetero) is 1. The zero-order valence-corrected chi connectivity index (χ0v) is 12.9. The lowest BCUT2D eigenvalue weighted by Gasteiger charge is -2.10. The van der Waals surface area contributed by atoms with Crippen molar-refractivity contribution >= 4 is 5.78 Å². The van der Waals surface area contributed by atoms with Crippen LogP contribution in [0, 0.1) is 5.92 Å². The summed E-state index contributed by atoms with van der Waals surface area (Å²) in [5.41, 5.74) is 2.10. The van der Waals surface area contributed by atoms with Gasteiger partial charge in [0.1, 0.15) is 6.61 Å². The lowest BCUT2D eigenvalue weighted by Crippen LogP contribution is -2.11. The molecule has 0 bridgehead atoms. The molecule has 0 radical (unpaired) electrons. The lowest BCUT2D eigenvalue weighted by molar-refractivity contribution is 0.0734. The summed E-state index contributed by atoms with van der Waals surface area (Å²) < 4.78 is 5.48. The number of carbonyl (C=O) groups excluding carboxylic acids is 1. The van der Waals surface area contributed by atoms with Crippen LogP contribution < -0.4 is 0 Å². The highest BCUT2D eigenvalue weighted by molar-refractivity contribution is 5.96. The SMILES string of the molecule is CC(C)=CCCC(C)CCOCC(=O)c1ccccc1. The molecule has 2 heteroatoms. The van der Waals surface area contributed by atoms with E-state index in [1.807, 2.05) is 30.3 Å². The maximum Gasteiger partial charge on any atom is 0.188 e. The van der Waals surface area contributed by atoms with E-state index in [2.05, 4.69) is 26.8 Å². The summed E-state index contributed by atoms with van der Waals surface area (Å²) in [4.78, 5) is 11.8. The third kappa shape index (κ3) is 7.25. The molecule has 0 aliphatic heterocycles. The molecule has 0 amide bonds. The van der Waals surface area contributed by atoms with Crippen LogP contribution in [-0.4, -0.2) is 19.0 Å². The standard InChI is InChI=1S/C18H26O2/c1-15(2)8-7-9-16(3)12-13-20-14-18(19)17-10-5-4-6-11-17/h4-6,8,10-11,16H,7,9,12-14H2,1-3H3. The van der Waals surface area contributed by atoms with Gasteiger partial charge in [-0.2, -0.15) is 0 Å². The summed E-state index contributed by atoms with van der Waals surface area (Å²) >= 11 is 0. The van der Waals surface area contributed by atoms with Crippen LogP contribution in [0.15, 0.2) is 42.0 Å². The van der Waals surface area contributed by atoms with E-state index in [9.17, 15) is 4.79 Å². The van der Waals surface area contributed by atoms with Crippen LogP contribution in [0.5, 0.6) is 0 Å². The Morgan fingerprint density at radius 1 is 1.20 bits per heavy atom. The average Bonchev–Trinajstić information content (AvgIpc) is 2.44. The van der Waals surface area contributed by atoms with Gasteiger partial charge in [0.25, 0.3) is 0 Å². The van der Waals surface area contributed by atoms with Crippen LogP contribution in [0.25, 0.3) is 0 Å². The van der Waals surface area contributed by atoms with E-state index in [1.54, 1.807) is 0 Å². The fraction of sp³-hybridized carbons (Fsp3) is 0.500. The van der Waals surface area contributed by atoms with Gasteiger partial charge in [0.05, 0.1) is 0 Å². The molecule has 0 spiro atoms. The second-order valence-electron chi connectivity index (χ2n) is 5.59. The van der Waals surface area contributed by atoms with Crippen LogP contribution in [0.3, 0.4) is 0 Å². The molecule has 0 aliphatic rings. The quantitative estimate of drug-likeness (QED) is 0.372. The van der Waals surface area contributed by atoms with E-state index in [0.717, 1.165) is 18.4 Å². The molecule has 0 aromatic heterocycles. The zero-order valence-electron chi connectivity index (χ0n) is 12.9. The van der Waals surface area contributed by atoms with Gasteiger partial charge in [0.2, 0.25) is 0 Å². The molecule has 1 unspecified atom stereocenters. The Labute approximate surface area is 122 Å². The molecule has 110 valence electrons. The molecule has 20 heavy (non-hydrogen) atoms. The minimum Gasteiger partial charge on any atom is -0.373 e. The van der Waals surface area contributed by atoms with Gasteiger partial charge in [0.15, 0.2) is 5.78 Å². The van der Waals surface area contributed by atoms with Gasteiger partial charge in [0, 0.05) is 12.2 Å². The molecular formula is C18H26O2. The van der Waals surface area contributed by atoms with E-state index in [1.165, 1.54) is 12.0 Å². The molecule has 1 atom stereocenters. The molecule has 0 saturated heterocycles. The minimum absolute atomic E-state index is 0.0581. The number of rotatable bonds is 9. The summed E-state index contributed by atoms with van der Waals surface area (Å²) in [6, 6.07) is 9.31. The maximum atomic E-state index is 11.8. The predicted octanol–water partition coefficient (Wildman–Crippen LogP) is 4.66. The highest BCUT2D eigenvalue weighted by Crippen LogP contribution is 2.12. The van der Waals surface area contributed by atoms with Crippen molar-refractivity contribution in [3.8, 4) is 0 Å². The molecule has 0 heterocycles. The van der Waals surface area contributed by atoms with Gasteiger partial charge in [-0.25, -0.2) is 0 Å². The van der Waals surface area contributed by atoms with Crippen LogP contribution in [0.1, 0.15) is 50.4 Å². The summed E-state index contributed by atoms with van der Waals surface area (Å²) in [6.45, 7) is 7.34. The predicted molar refractivity (Wildman–Crippen MR) is 84.0 cm³/mol. The molecule has 1 aromatic rings. The van der Waals surface area contributed by atoms with Crippen molar-refractivity contribution in [1.29, 1.82) is 0 Å². The Balaban J connectivity index is 2.12. The number of allylic oxidation sites excluding steroid dienone is 2. The van der Waals surface area contributed by atoms with Crippen LogP contribution >= 0.6 is 0 Å². The molecule has 1 aromatic carbocycles. The number of ketones is 1. The fourth-order valence-electron chi connectivity index (χ4n) is 1.96. The van der Waals surface area contributed by atoms with Crippen LogP contribution in [0.2, 0.25) is 0 Å². The number of carbonyl (C=O) groups is 1. The summed E-state index contributed by atoms with van der Waals surface area (Å²) in [5, 5.41) is 0. The summed E-state index contributed by atoms with van der Waals surface area (Å²) in [7, 11) is 0. The summed E-state index contributed by atoms with van der Waals surface area (Å²) in [6.07, 6.45) is 5.60. The Morgan fingerprint density at radius 2 is 1.90 bits per heavy atom. The van der Waals surface area contributed by atoms with Crippen molar-refractivity contribution < 1.29 is 9.53 Å². The lowest BCUT2D eigenvalue weighted by atomic mass is 10.0. The molecule has 2 nitrogen and oxygen atoms in total. The molecular weight excluding hydrogens is 248 g/mol. The van der Waals surface area contributed by atoms with Crippen molar-refractivity contribution in [2.45, 2.75) is 40.0 Å². The van der Waals surface area contributed by atoms with E-state index in [4.69, 9.17) is 4.74 Å². The smallest absolute Gasteiger partial charge is 0.188 e. The highest BCUT2D eigenvalue weighted by Gasteiger charge is 2.06. The van der Waals surface area contributed by atoms with E-state index in [0.29, 0.717) is 12.5 Å². The van der Waals surface area contributed by atoms with Gasteiger partial charge >= 0.3 is 0 Å². The summed E-state index contributed by atoms with van der Waals surface area (Å²) in [5.74, 6) is 0.695. The first kappa shape index (κ1) is 16.6. The Bertz CT molecular complexity index is 416. The molecule has 0 saturated carbocycles. The first-order chi connectivity index (χ1) is 9.59. The van der Waals surface area contributed by atoms with Crippen molar-refractivity contribution in [3.63, 3.8) is 0 Å². The van der Waals surface area contributed by atoms with E-state index < -0.39 is 0 Å². The Kier molecular flexibility index (Phi) is 7.89. The van der Waals surface area contributed by atoms with Crippen molar-refractivity contribution in [2.75, 3.05) is 13.2 Å². The van der Waals surface area contributed by atoms with Crippen LogP contribution in [-0.2, 0) is 4.74 Å². The minimum atomic E-state index is 0.0581. The molecule has 1 rings (SSSR count). The first-order valence-corrected chi connectivity index (χ1v) is 7.39. The topological polar surface area (TPSA) is 26.3 Å². The number of hydrogen-bond donors (Lipinski definition) is 0.